The molecule has 0 aliphatic rings. The van der Waals surface area contributed by atoms with Crippen LogP contribution in [0.2, 0.25) is 0 Å². The van der Waals surface area contributed by atoms with Crippen molar-refractivity contribution in [2.45, 2.75) is 0 Å². The normalized spacial score (nSPS) is 10.4. The standard InChI is InChI=1S/C11H5F4NOS/c1-5(6-3-2-4-18-6)17-9-7(12)10(14)16-11(15)8(9)13/h2-4H,1H2. The summed E-state index contributed by atoms with van der Waals surface area (Å²) in [5.41, 5.74) is 0. The molecular weight excluding hydrogens is 270 g/mol. The minimum Gasteiger partial charge on any atom is -0.450 e. The van der Waals surface area contributed by atoms with Crippen LogP contribution in [0.4, 0.5) is 17.6 Å². The molecule has 0 radical (unpaired) electrons. The summed E-state index contributed by atoms with van der Waals surface area (Å²) >= 11 is 1.20. The van der Waals surface area contributed by atoms with Crippen molar-refractivity contribution in [2.75, 3.05) is 0 Å². The summed E-state index contributed by atoms with van der Waals surface area (Å²) < 4.78 is 56.8. The molecule has 0 atom stereocenters. The number of pyridine rings is 1. The van der Waals surface area contributed by atoms with Crippen LogP contribution in [0.15, 0.2) is 24.1 Å². The first-order valence-corrected chi connectivity index (χ1v) is 5.49. The lowest BCUT2D eigenvalue weighted by Crippen LogP contribution is -2.05. The molecule has 0 fully saturated rings. The third kappa shape index (κ3) is 2.21. The predicted molar refractivity (Wildman–Crippen MR) is 58.1 cm³/mol. The fourth-order valence-corrected chi connectivity index (χ4v) is 1.80. The van der Waals surface area contributed by atoms with Crippen molar-refractivity contribution in [2.24, 2.45) is 0 Å². The van der Waals surface area contributed by atoms with Gasteiger partial charge >= 0.3 is 0 Å². The lowest BCUT2D eigenvalue weighted by atomic mass is 10.3. The third-order valence-electron chi connectivity index (χ3n) is 1.98. The number of ether oxygens (including phenoxy) is 1. The van der Waals surface area contributed by atoms with Crippen LogP contribution in [0.5, 0.6) is 5.75 Å². The SMILES string of the molecule is C=C(Oc1c(F)c(F)nc(F)c1F)c1cccs1. The first kappa shape index (κ1) is 12.6. The zero-order valence-electron chi connectivity index (χ0n) is 8.71. The molecule has 0 N–H and O–H groups in total. The number of aromatic nitrogens is 1. The number of hydrogen-bond acceptors (Lipinski definition) is 3. The first-order chi connectivity index (χ1) is 8.50. The van der Waals surface area contributed by atoms with E-state index in [2.05, 4.69) is 11.6 Å². The summed E-state index contributed by atoms with van der Waals surface area (Å²) in [4.78, 5) is 2.89. The molecule has 94 valence electrons. The smallest absolute Gasteiger partial charge is 0.255 e. The minimum atomic E-state index is -1.78. The van der Waals surface area contributed by atoms with Gasteiger partial charge in [0.1, 0.15) is 5.76 Å². The molecule has 0 aliphatic carbocycles. The third-order valence-corrected chi connectivity index (χ3v) is 2.89. The van der Waals surface area contributed by atoms with Gasteiger partial charge in [-0.3, -0.25) is 0 Å². The molecule has 0 bridgehead atoms. The molecular formula is C11H5F4NOS. The molecule has 0 amide bonds. The van der Waals surface area contributed by atoms with Crippen molar-refractivity contribution in [1.29, 1.82) is 0 Å². The predicted octanol–water partition coefficient (Wildman–Crippen LogP) is 3.75. The Morgan fingerprint density at radius 2 is 1.78 bits per heavy atom. The van der Waals surface area contributed by atoms with Gasteiger partial charge in [0.15, 0.2) is 0 Å². The topological polar surface area (TPSA) is 22.1 Å². The molecule has 0 unspecified atom stereocenters. The highest BCUT2D eigenvalue weighted by Gasteiger charge is 2.23. The lowest BCUT2D eigenvalue weighted by Gasteiger charge is -2.09. The highest BCUT2D eigenvalue weighted by atomic mass is 32.1. The van der Waals surface area contributed by atoms with E-state index in [1.54, 1.807) is 17.5 Å². The zero-order chi connectivity index (χ0) is 13.3. The summed E-state index contributed by atoms with van der Waals surface area (Å²) in [6.45, 7) is 3.42. The van der Waals surface area contributed by atoms with E-state index >= 15 is 0 Å². The molecule has 2 aromatic heterocycles. The van der Waals surface area contributed by atoms with Crippen molar-refractivity contribution in [3.05, 3.63) is 52.5 Å². The minimum absolute atomic E-state index is 0.118. The Morgan fingerprint density at radius 1 is 1.17 bits per heavy atom. The molecule has 0 aromatic carbocycles. The molecule has 18 heavy (non-hydrogen) atoms. The van der Waals surface area contributed by atoms with Crippen molar-refractivity contribution < 1.29 is 22.3 Å². The van der Waals surface area contributed by atoms with Gasteiger partial charge in [-0.2, -0.15) is 22.5 Å². The van der Waals surface area contributed by atoms with E-state index < -0.39 is 29.3 Å². The quantitative estimate of drug-likeness (QED) is 0.483. The van der Waals surface area contributed by atoms with Crippen LogP contribution in [0, 0.1) is 23.5 Å². The Kier molecular flexibility index (Phi) is 3.33. The maximum atomic E-state index is 13.2. The average Bonchev–Trinajstić information content (AvgIpc) is 2.85. The second kappa shape index (κ2) is 4.77. The van der Waals surface area contributed by atoms with Crippen LogP contribution >= 0.6 is 11.3 Å². The first-order valence-electron chi connectivity index (χ1n) is 4.61. The molecule has 2 heterocycles. The van der Waals surface area contributed by atoms with Crippen LogP contribution in [-0.2, 0) is 0 Å². The van der Waals surface area contributed by atoms with E-state index in [9.17, 15) is 17.6 Å². The summed E-state index contributed by atoms with van der Waals surface area (Å²) in [5, 5.41) is 1.68. The second-order valence-corrected chi connectivity index (χ2v) is 4.10. The number of rotatable bonds is 3. The summed E-state index contributed by atoms with van der Waals surface area (Å²) in [7, 11) is 0. The molecule has 2 nitrogen and oxygen atoms in total. The maximum absolute atomic E-state index is 13.2. The highest BCUT2D eigenvalue weighted by molar-refractivity contribution is 7.11. The van der Waals surface area contributed by atoms with Gasteiger partial charge < -0.3 is 4.74 Å². The van der Waals surface area contributed by atoms with Crippen molar-refractivity contribution >= 4 is 17.1 Å². The van der Waals surface area contributed by atoms with Gasteiger partial charge in [-0.1, -0.05) is 12.6 Å². The van der Waals surface area contributed by atoms with Gasteiger partial charge in [0.05, 0.1) is 4.88 Å². The fraction of sp³-hybridized carbons (Fsp3) is 0. The van der Waals surface area contributed by atoms with E-state index in [1.165, 1.54) is 11.3 Å². The highest BCUT2D eigenvalue weighted by Crippen LogP contribution is 2.29. The Bertz CT molecular complexity index is 571. The summed E-state index contributed by atoms with van der Waals surface area (Å²) in [6.07, 6.45) is 0. The maximum Gasteiger partial charge on any atom is 0.255 e. The Hall–Kier alpha value is -1.89. The average molecular weight is 275 g/mol. The number of thiophene rings is 1. The van der Waals surface area contributed by atoms with Crippen LogP contribution in [0.3, 0.4) is 0 Å². The monoisotopic (exact) mass is 275 g/mol. The van der Waals surface area contributed by atoms with Gasteiger partial charge in [0.2, 0.25) is 17.4 Å². The largest absolute Gasteiger partial charge is 0.450 e. The van der Waals surface area contributed by atoms with E-state index in [-0.39, 0.29) is 5.76 Å². The molecule has 0 spiro atoms. The van der Waals surface area contributed by atoms with E-state index in [4.69, 9.17) is 4.74 Å². The van der Waals surface area contributed by atoms with Gasteiger partial charge in [-0.15, -0.1) is 11.3 Å². The molecule has 7 heteroatoms. The molecule has 0 saturated heterocycles. The number of nitrogens with zero attached hydrogens (tertiary/aromatic N) is 1. The van der Waals surface area contributed by atoms with E-state index in [0.29, 0.717) is 4.88 Å². The lowest BCUT2D eigenvalue weighted by molar-refractivity contribution is 0.353. The molecule has 2 aromatic rings. The van der Waals surface area contributed by atoms with E-state index in [0.717, 1.165) is 0 Å². The number of halogens is 4. The number of hydrogen-bond donors (Lipinski definition) is 0. The van der Waals surface area contributed by atoms with Gasteiger partial charge in [0.25, 0.3) is 11.9 Å². The van der Waals surface area contributed by atoms with Crippen molar-refractivity contribution in [1.82, 2.24) is 4.98 Å². The fourth-order valence-electron chi connectivity index (χ4n) is 1.17. The molecule has 0 saturated carbocycles. The molecule has 0 aliphatic heterocycles. The summed E-state index contributed by atoms with van der Waals surface area (Å²) in [5.74, 6) is -8.27. The Morgan fingerprint density at radius 3 is 2.28 bits per heavy atom. The van der Waals surface area contributed by atoms with Gasteiger partial charge in [-0.25, -0.2) is 0 Å². The van der Waals surface area contributed by atoms with Gasteiger partial charge in [-0.05, 0) is 11.4 Å². The summed E-state index contributed by atoms with van der Waals surface area (Å²) in [6, 6.07) is 3.24. The van der Waals surface area contributed by atoms with Crippen LogP contribution in [-0.4, -0.2) is 4.98 Å². The van der Waals surface area contributed by atoms with Crippen molar-refractivity contribution in [3.63, 3.8) is 0 Å². The zero-order valence-corrected chi connectivity index (χ0v) is 9.53. The molecule has 2 rings (SSSR count). The van der Waals surface area contributed by atoms with Crippen LogP contribution in [0.25, 0.3) is 5.76 Å². The Balaban J connectivity index is 2.38. The van der Waals surface area contributed by atoms with Gasteiger partial charge in [0, 0.05) is 0 Å². The van der Waals surface area contributed by atoms with E-state index in [1.807, 2.05) is 0 Å². The van der Waals surface area contributed by atoms with Crippen LogP contribution < -0.4 is 4.74 Å². The van der Waals surface area contributed by atoms with Crippen molar-refractivity contribution in [3.8, 4) is 5.75 Å². The Labute approximate surface area is 103 Å². The van der Waals surface area contributed by atoms with Crippen LogP contribution in [0.1, 0.15) is 4.88 Å². The second-order valence-electron chi connectivity index (χ2n) is 3.15.